The molecule has 1 unspecified atom stereocenters. The second-order valence-electron chi connectivity index (χ2n) is 3.48. The van der Waals surface area contributed by atoms with Gasteiger partial charge in [-0.15, -0.1) is 0 Å². The first kappa shape index (κ1) is 15.2. The molecule has 0 radical (unpaired) electrons. The molecule has 0 bridgehead atoms. The highest BCUT2D eigenvalue weighted by Crippen LogP contribution is 2.14. The van der Waals surface area contributed by atoms with E-state index in [0.29, 0.717) is 6.42 Å². The Morgan fingerprint density at radius 3 is 2.35 bits per heavy atom. The zero-order valence-electron chi connectivity index (χ0n) is 9.42. The molecule has 2 N–H and O–H groups in total. The van der Waals surface area contributed by atoms with E-state index in [1.807, 2.05) is 0 Å². The lowest BCUT2D eigenvalue weighted by molar-refractivity contribution is -0.143. The zero-order valence-corrected chi connectivity index (χ0v) is 9.42. The van der Waals surface area contributed by atoms with E-state index in [4.69, 9.17) is 10.2 Å². The summed E-state index contributed by atoms with van der Waals surface area (Å²) in [7, 11) is 0. The van der Waals surface area contributed by atoms with Crippen LogP contribution in [0, 0.1) is 5.92 Å². The molecule has 0 aromatic rings. The SMILES string of the molecule is C=CC(=O)OCCCC(CCC(=O)O)C(=O)O. The van der Waals surface area contributed by atoms with Gasteiger partial charge in [0.15, 0.2) is 0 Å². The number of hydrogen-bond donors (Lipinski definition) is 2. The molecular weight excluding hydrogens is 228 g/mol. The van der Waals surface area contributed by atoms with Crippen LogP contribution < -0.4 is 0 Å². The zero-order chi connectivity index (χ0) is 13.3. The fraction of sp³-hybridized carbons (Fsp3) is 0.545. The van der Waals surface area contributed by atoms with E-state index >= 15 is 0 Å². The monoisotopic (exact) mass is 244 g/mol. The van der Waals surface area contributed by atoms with Crippen LogP contribution >= 0.6 is 0 Å². The quantitative estimate of drug-likeness (QED) is 0.357. The third-order valence-corrected chi connectivity index (χ3v) is 2.16. The van der Waals surface area contributed by atoms with E-state index in [1.165, 1.54) is 0 Å². The van der Waals surface area contributed by atoms with Gasteiger partial charge in [-0.3, -0.25) is 9.59 Å². The fourth-order valence-corrected chi connectivity index (χ4v) is 1.25. The molecule has 1 atom stereocenters. The molecule has 6 heteroatoms. The number of carboxylic acid groups (broad SMARTS) is 2. The van der Waals surface area contributed by atoms with Crippen molar-refractivity contribution in [2.75, 3.05) is 6.61 Å². The molecule has 0 aliphatic carbocycles. The van der Waals surface area contributed by atoms with Gasteiger partial charge in [-0.05, 0) is 19.3 Å². The molecule has 0 amide bonds. The van der Waals surface area contributed by atoms with Crippen molar-refractivity contribution in [3.05, 3.63) is 12.7 Å². The van der Waals surface area contributed by atoms with E-state index in [0.717, 1.165) is 6.08 Å². The highest BCUT2D eigenvalue weighted by atomic mass is 16.5. The van der Waals surface area contributed by atoms with Crippen LogP contribution in [0.4, 0.5) is 0 Å². The molecule has 0 saturated heterocycles. The van der Waals surface area contributed by atoms with Gasteiger partial charge in [0.2, 0.25) is 0 Å². The van der Waals surface area contributed by atoms with E-state index in [-0.39, 0.29) is 25.9 Å². The van der Waals surface area contributed by atoms with Gasteiger partial charge >= 0.3 is 17.9 Å². The first-order chi connectivity index (χ1) is 7.97. The van der Waals surface area contributed by atoms with Gasteiger partial charge in [-0.25, -0.2) is 4.79 Å². The third kappa shape index (κ3) is 8.01. The van der Waals surface area contributed by atoms with Gasteiger partial charge in [0, 0.05) is 12.5 Å². The minimum absolute atomic E-state index is 0.0834. The van der Waals surface area contributed by atoms with Gasteiger partial charge in [-0.2, -0.15) is 0 Å². The Balaban J connectivity index is 3.85. The standard InChI is InChI=1S/C11H16O6/c1-2-10(14)17-7-3-4-8(11(15)16)5-6-9(12)13/h2,8H,1,3-7H2,(H,12,13)(H,15,16). The number of ether oxygens (including phenoxy) is 1. The summed E-state index contributed by atoms with van der Waals surface area (Å²) in [4.78, 5) is 31.8. The molecule has 0 aliphatic heterocycles. The van der Waals surface area contributed by atoms with Gasteiger partial charge in [0.25, 0.3) is 0 Å². The van der Waals surface area contributed by atoms with Gasteiger partial charge in [-0.1, -0.05) is 6.58 Å². The van der Waals surface area contributed by atoms with Crippen molar-refractivity contribution >= 4 is 17.9 Å². The number of rotatable bonds is 9. The second kappa shape index (κ2) is 8.32. The Morgan fingerprint density at radius 2 is 1.88 bits per heavy atom. The predicted molar refractivity (Wildman–Crippen MR) is 58.4 cm³/mol. The Hall–Kier alpha value is -1.85. The number of carbonyl (C=O) groups is 3. The minimum Gasteiger partial charge on any atom is -0.481 e. The van der Waals surface area contributed by atoms with Crippen LogP contribution in [-0.2, 0) is 19.1 Å². The Bertz CT molecular complexity index is 296. The van der Waals surface area contributed by atoms with Crippen molar-refractivity contribution in [1.29, 1.82) is 0 Å². The van der Waals surface area contributed by atoms with Crippen molar-refractivity contribution in [2.45, 2.75) is 25.7 Å². The lowest BCUT2D eigenvalue weighted by atomic mass is 9.98. The van der Waals surface area contributed by atoms with Gasteiger partial charge < -0.3 is 14.9 Å². The van der Waals surface area contributed by atoms with Crippen LogP contribution in [0.1, 0.15) is 25.7 Å². The normalized spacial score (nSPS) is 11.5. The molecule has 0 heterocycles. The summed E-state index contributed by atoms with van der Waals surface area (Å²) in [6.07, 6.45) is 1.60. The third-order valence-electron chi connectivity index (χ3n) is 2.16. The highest BCUT2D eigenvalue weighted by molar-refractivity contribution is 5.81. The highest BCUT2D eigenvalue weighted by Gasteiger charge is 2.18. The van der Waals surface area contributed by atoms with Gasteiger partial charge in [0.05, 0.1) is 12.5 Å². The van der Waals surface area contributed by atoms with Crippen molar-refractivity contribution in [3.8, 4) is 0 Å². The lowest BCUT2D eigenvalue weighted by Crippen LogP contribution is -2.16. The minimum atomic E-state index is -1.03. The molecule has 0 aromatic heterocycles. The summed E-state index contributed by atoms with van der Waals surface area (Å²) in [5.41, 5.74) is 0. The van der Waals surface area contributed by atoms with Crippen LogP contribution in [-0.4, -0.2) is 34.7 Å². The predicted octanol–water partition coefficient (Wildman–Crippen LogP) is 1.06. The van der Waals surface area contributed by atoms with Crippen molar-refractivity contribution in [2.24, 2.45) is 5.92 Å². The fourth-order valence-electron chi connectivity index (χ4n) is 1.25. The average molecular weight is 244 g/mol. The number of hydrogen-bond acceptors (Lipinski definition) is 4. The van der Waals surface area contributed by atoms with Crippen molar-refractivity contribution in [1.82, 2.24) is 0 Å². The molecule has 0 spiro atoms. The molecule has 0 aromatic carbocycles. The number of aliphatic carboxylic acids is 2. The van der Waals surface area contributed by atoms with Crippen molar-refractivity contribution in [3.63, 3.8) is 0 Å². The summed E-state index contributed by atoms with van der Waals surface area (Å²) in [6, 6.07) is 0. The summed E-state index contributed by atoms with van der Waals surface area (Å²) in [6.45, 7) is 3.33. The maximum absolute atomic E-state index is 10.8. The smallest absolute Gasteiger partial charge is 0.330 e. The van der Waals surface area contributed by atoms with E-state index in [2.05, 4.69) is 11.3 Å². The molecule has 6 nitrogen and oxygen atoms in total. The Labute approximate surface area is 98.9 Å². The van der Waals surface area contributed by atoms with E-state index < -0.39 is 23.8 Å². The van der Waals surface area contributed by atoms with Crippen LogP contribution in [0.25, 0.3) is 0 Å². The van der Waals surface area contributed by atoms with E-state index in [1.54, 1.807) is 0 Å². The summed E-state index contributed by atoms with van der Waals surface area (Å²) >= 11 is 0. The summed E-state index contributed by atoms with van der Waals surface area (Å²) < 4.78 is 4.68. The van der Waals surface area contributed by atoms with Crippen molar-refractivity contribution < 1.29 is 29.3 Å². The molecular formula is C11H16O6. The Kier molecular flexibility index (Phi) is 7.41. The average Bonchev–Trinajstić information content (AvgIpc) is 2.26. The number of carboxylic acids is 2. The molecule has 0 saturated carbocycles. The maximum Gasteiger partial charge on any atom is 0.330 e. The maximum atomic E-state index is 10.8. The largest absolute Gasteiger partial charge is 0.481 e. The van der Waals surface area contributed by atoms with E-state index in [9.17, 15) is 14.4 Å². The van der Waals surface area contributed by atoms with Gasteiger partial charge in [0.1, 0.15) is 0 Å². The molecule has 0 rings (SSSR count). The number of esters is 1. The topological polar surface area (TPSA) is 101 Å². The molecule has 0 fully saturated rings. The van der Waals surface area contributed by atoms with Crippen LogP contribution in [0.5, 0.6) is 0 Å². The lowest BCUT2D eigenvalue weighted by Gasteiger charge is -2.10. The van der Waals surface area contributed by atoms with Crippen LogP contribution in [0.15, 0.2) is 12.7 Å². The number of carbonyl (C=O) groups excluding carboxylic acids is 1. The summed E-state index contributed by atoms with van der Waals surface area (Å²) in [5, 5.41) is 17.3. The van der Waals surface area contributed by atoms with Crippen LogP contribution in [0.3, 0.4) is 0 Å². The molecule has 96 valence electrons. The first-order valence-corrected chi connectivity index (χ1v) is 5.21. The summed E-state index contributed by atoms with van der Waals surface area (Å²) in [5.74, 6) is -3.31. The Morgan fingerprint density at radius 1 is 1.24 bits per heavy atom. The molecule has 0 aliphatic rings. The second-order valence-corrected chi connectivity index (χ2v) is 3.48. The van der Waals surface area contributed by atoms with Crippen LogP contribution in [0.2, 0.25) is 0 Å². The first-order valence-electron chi connectivity index (χ1n) is 5.21. The molecule has 17 heavy (non-hydrogen) atoms.